The van der Waals surface area contributed by atoms with Gasteiger partial charge >= 0.3 is 0 Å². The number of hydrogen-bond acceptors (Lipinski definition) is 5. The van der Waals surface area contributed by atoms with E-state index in [4.69, 9.17) is 0 Å². The zero-order valence-corrected chi connectivity index (χ0v) is 18.3. The van der Waals surface area contributed by atoms with Gasteiger partial charge in [-0.15, -0.1) is 0 Å². The zero-order valence-electron chi connectivity index (χ0n) is 18.3. The van der Waals surface area contributed by atoms with Gasteiger partial charge in [0.1, 0.15) is 5.82 Å². The Labute approximate surface area is 183 Å². The molecule has 1 N–H and O–H groups in total. The van der Waals surface area contributed by atoms with Gasteiger partial charge in [0.05, 0.1) is 5.92 Å². The van der Waals surface area contributed by atoms with Gasteiger partial charge in [0.2, 0.25) is 11.9 Å². The summed E-state index contributed by atoms with van der Waals surface area (Å²) in [6, 6.07) is 8.73. The first-order chi connectivity index (χ1) is 15.1. The quantitative estimate of drug-likeness (QED) is 0.770. The molecule has 0 radical (unpaired) electrons. The molecule has 0 saturated carbocycles. The Hall–Kier alpha value is -2.54. The van der Waals surface area contributed by atoms with E-state index in [0.29, 0.717) is 12.5 Å². The second-order valence-electron chi connectivity index (χ2n) is 8.88. The van der Waals surface area contributed by atoms with Gasteiger partial charge in [0, 0.05) is 38.1 Å². The van der Waals surface area contributed by atoms with Crippen molar-refractivity contribution < 1.29 is 9.18 Å². The number of likely N-dealkylation sites (tertiary alicyclic amines) is 1. The molecule has 3 heterocycles. The number of amides is 1. The number of halogens is 1. The maximum absolute atomic E-state index is 13.4. The van der Waals surface area contributed by atoms with Crippen LogP contribution in [0.5, 0.6) is 0 Å². The van der Waals surface area contributed by atoms with Crippen LogP contribution in [0.4, 0.5) is 10.3 Å². The van der Waals surface area contributed by atoms with Crippen LogP contribution >= 0.6 is 0 Å². The molecule has 2 aromatic rings. The largest absolute Gasteiger partial charge is 0.356 e. The molecule has 6 nitrogen and oxygen atoms in total. The Morgan fingerprint density at radius 3 is 2.81 bits per heavy atom. The zero-order chi connectivity index (χ0) is 21.6. The van der Waals surface area contributed by atoms with Crippen LogP contribution in [-0.2, 0) is 11.3 Å². The number of aryl methyl sites for hydroxylation is 1. The summed E-state index contributed by atoms with van der Waals surface area (Å²) in [7, 11) is 0. The molecule has 2 aliphatic rings. The lowest BCUT2D eigenvalue weighted by Crippen LogP contribution is -2.45. The van der Waals surface area contributed by atoms with E-state index in [1.165, 1.54) is 6.07 Å². The van der Waals surface area contributed by atoms with Crippen LogP contribution < -0.4 is 10.2 Å². The first kappa shape index (κ1) is 21.7. The fourth-order valence-electron chi connectivity index (χ4n) is 4.59. The maximum atomic E-state index is 13.4. The molecule has 0 unspecified atom stereocenters. The molecule has 0 bridgehead atoms. The fraction of sp³-hybridized carbons (Fsp3) is 0.542. The lowest BCUT2D eigenvalue weighted by molar-refractivity contribution is -0.125. The number of benzene rings is 1. The summed E-state index contributed by atoms with van der Waals surface area (Å²) in [5.41, 5.74) is 1.96. The van der Waals surface area contributed by atoms with Gasteiger partial charge in [-0.2, -0.15) is 0 Å². The van der Waals surface area contributed by atoms with Crippen LogP contribution in [0.25, 0.3) is 0 Å². The second kappa shape index (κ2) is 10.2. The van der Waals surface area contributed by atoms with Crippen molar-refractivity contribution in [2.75, 3.05) is 37.6 Å². The highest BCUT2D eigenvalue weighted by atomic mass is 19.1. The highest BCUT2D eigenvalue weighted by molar-refractivity contribution is 5.79. The minimum atomic E-state index is -0.176. The molecule has 31 heavy (non-hydrogen) atoms. The van der Waals surface area contributed by atoms with Crippen molar-refractivity contribution in [3.63, 3.8) is 0 Å². The van der Waals surface area contributed by atoms with Crippen LogP contribution in [0.1, 0.15) is 36.9 Å². The molecule has 1 aromatic carbocycles. The van der Waals surface area contributed by atoms with Crippen LogP contribution in [0.2, 0.25) is 0 Å². The molecule has 2 fully saturated rings. The summed E-state index contributed by atoms with van der Waals surface area (Å²) < 4.78 is 13.4. The molecular formula is C24H32FN5O. The number of rotatable bonds is 6. The Balaban J connectivity index is 1.20. The highest BCUT2D eigenvalue weighted by Crippen LogP contribution is 2.22. The number of nitrogens with one attached hydrogen (secondary N) is 1. The Morgan fingerprint density at radius 1 is 1.19 bits per heavy atom. The Morgan fingerprint density at radius 2 is 2.03 bits per heavy atom. The van der Waals surface area contributed by atoms with Crippen molar-refractivity contribution >= 4 is 11.9 Å². The summed E-state index contributed by atoms with van der Waals surface area (Å²) in [6.45, 7) is 7.04. The Kier molecular flexibility index (Phi) is 7.12. The fourth-order valence-corrected chi connectivity index (χ4v) is 4.59. The van der Waals surface area contributed by atoms with E-state index in [0.717, 1.165) is 75.6 Å². The van der Waals surface area contributed by atoms with E-state index in [1.807, 2.05) is 19.1 Å². The predicted molar refractivity (Wildman–Crippen MR) is 119 cm³/mol. The molecule has 2 aliphatic heterocycles. The summed E-state index contributed by atoms with van der Waals surface area (Å²) >= 11 is 0. The number of nitrogens with zero attached hydrogens (tertiary/aromatic N) is 4. The standard InChI is InChI=1S/C24H32FN5O/c1-18-7-10-26-24(28-18)30-11-3-5-21(17-30)23(31)27-15-19-8-12-29(13-9-19)16-20-4-2-6-22(25)14-20/h2,4,6-7,10,14,19,21H,3,5,8-9,11-13,15-17H2,1H3,(H,27,31)/t21-/m0/s1. The number of hydrogen-bond donors (Lipinski definition) is 1. The van der Waals surface area contributed by atoms with Crippen LogP contribution in [0.15, 0.2) is 36.5 Å². The average Bonchev–Trinajstić information content (AvgIpc) is 2.78. The lowest BCUT2D eigenvalue weighted by Gasteiger charge is -2.34. The average molecular weight is 426 g/mol. The van der Waals surface area contributed by atoms with E-state index < -0.39 is 0 Å². The molecule has 4 rings (SSSR count). The van der Waals surface area contributed by atoms with Gasteiger partial charge in [0.15, 0.2) is 0 Å². The molecule has 7 heteroatoms. The van der Waals surface area contributed by atoms with Gasteiger partial charge in [-0.25, -0.2) is 14.4 Å². The minimum Gasteiger partial charge on any atom is -0.356 e. The Bertz CT molecular complexity index is 884. The normalized spacial score (nSPS) is 20.6. The van der Waals surface area contributed by atoms with Gasteiger partial charge in [-0.3, -0.25) is 9.69 Å². The maximum Gasteiger partial charge on any atom is 0.225 e. The molecule has 0 spiro atoms. The van der Waals surface area contributed by atoms with Crippen molar-refractivity contribution in [1.82, 2.24) is 20.2 Å². The van der Waals surface area contributed by atoms with Gasteiger partial charge in [0.25, 0.3) is 0 Å². The molecule has 1 atom stereocenters. The first-order valence-corrected chi connectivity index (χ1v) is 11.4. The number of carbonyl (C=O) groups excluding carboxylic acids is 1. The van der Waals surface area contributed by atoms with Crippen molar-refractivity contribution in [2.24, 2.45) is 11.8 Å². The van der Waals surface area contributed by atoms with Gasteiger partial charge in [-0.05, 0) is 75.4 Å². The summed E-state index contributed by atoms with van der Waals surface area (Å²) in [5, 5.41) is 3.20. The van der Waals surface area contributed by atoms with Crippen molar-refractivity contribution in [1.29, 1.82) is 0 Å². The SMILES string of the molecule is Cc1ccnc(N2CCC[C@H](C(=O)NCC3CCN(Cc4cccc(F)c4)CC3)C2)n1. The summed E-state index contributed by atoms with van der Waals surface area (Å²) in [5.74, 6) is 1.20. The number of anilines is 1. The molecule has 1 aromatic heterocycles. The van der Waals surface area contributed by atoms with E-state index >= 15 is 0 Å². The first-order valence-electron chi connectivity index (χ1n) is 11.4. The number of carbonyl (C=O) groups is 1. The topological polar surface area (TPSA) is 61.4 Å². The molecular weight excluding hydrogens is 393 g/mol. The van der Waals surface area contributed by atoms with Crippen LogP contribution in [0, 0.1) is 24.6 Å². The second-order valence-corrected chi connectivity index (χ2v) is 8.88. The van der Waals surface area contributed by atoms with Crippen molar-refractivity contribution in [2.45, 2.75) is 39.2 Å². The third-order valence-corrected chi connectivity index (χ3v) is 6.42. The van der Waals surface area contributed by atoms with Gasteiger partial charge < -0.3 is 10.2 Å². The summed E-state index contributed by atoms with van der Waals surface area (Å²) in [6.07, 6.45) is 5.79. The molecule has 166 valence electrons. The molecule has 0 aliphatic carbocycles. The third kappa shape index (κ3) is 6.00. The summed E-state index contributed by atoms with van der Waals surface area (Å²) in [4.78, 5) is 26.2. The lowest BCUT2D eigenvalue weighted by atomic mass is 9.94. The number of aromatic nitrogens is 2. The highest BCUT2D eigenvalue weighted by Gasteiger charge is 2.28. The van der Waals surface area contributed by atoms with Crippen molar-refractivity contribution in [3.8, 4) is 0 Å². The van der Waals surface area contributed by atoms with Crippen LogP contribution in [-0.4, -0.2) is 53.5 Å². The van der Waals surface area contributed by atoms with E-state index in [1.54, 1.807) is 18.3 Å². The monoisotopic (exact) mass is 425 g/mol. The minimum absolute atomic E-state index is 0.00840. The van der Waals surface area contributed by atoms with E-state index in [2.05, 4.69) is 25.1 Å². The number of piperidine rings is 2. The molecule has 1 amide bonds. The smallest absolute Gasteiger partial charge is 0.225 e. The van der Waals surface area contributed by atoms with Gasteiger partial charge in [-0.1, -0.05) is 12.1 Å². The van der Waals surface area contributed by atoms with Crippen molar-refractivity contribution in [3.05, 3.63) is 53.6 Å². The van der Waals surface area contributed by atoms with Crippen LogP contribution in [0.3, 0.4) is 0 Å². The third-order valence-electron chi connectivity index (χ3n) is 6.42. The van der Waals surface area contributed by atoms with E-state index in [9.17, 15) is 9.18 Å². The predicted octanol–water partition coefficient (Wildman–Crippen LogP) is 3.17. The molecule has 2 saturated heterocycles. The van der Waals surface area contributed by atoms with E-state index in [-0.39, 0.29) is 17.6 Å².